The minimum atomic E-state index is -0.408. The largest absolute Gasteiger partial charge is 0.423 e. The van der Waals surface area contributed by atoms with E-state index < -0.39 is 5.97 Å². The Hall–Kier alpha value is -2.43. The maximum Gasteiger partial charge on any atom is 0.338 e. The van der Waals surface area contributed by atoms with Gasteiger partial charge in [-0.3, -0.25) is 0 Å². The molecule has 0 aromatic heterocycles. The lowest BCUT2D eigenvalue weighted by atomic mass is 10.0. The average Bonchev–Trinajstić information content (AvgIpc) is 2.66. The summed E-state index contributed by atoms with van der Waals surface area (Å²) in [6, 6.07) is 22.3. The number of ether oxygens (including phenoxy) is 1. The van der Waals surface area contributed by atoms with Crippen molar-refractivity contribution in [3.8, 4) is 16.9 Å². The SMILES string of the molecule is C=C(C)C(=O)Oc1ccccc1-c1cccc2c1Sc1ccccc1S2. The first kappa shape index (κ1) is 17.0. The maximum absolute atomic E-state index is 12.0. The van der Waals surface area contributed by atoms with E-state index >= 15 is 0 Å². The molecule has 1 aliphatic heterocycles. The second kappa shape index (κ2) is 7.06. The fraction of sp³-hybridized carbons (Fsp3) is 0.0455. The molecule has 1 heterocycles. The summed E-state index contributed by atoms with van der Waals surface area (Å²) in [5.41, 5.74) is 2.36. The van der Waals surface area contributed by atoms with Crippen LogP contribution in [0.5, 0.6) is 5.75 Å². The lowest BCUT2D eigenvalue weighted by molar-refractivity contribution is -0.130. The lowest BCUT2D eigenvalue weighted by Crippen LogP contribution is -2.09. The second-order valence-electron chi connectivity index (χ2n) is 5.95. The number of hydrogen-bond acceptors (Lipinski definition) is 4. The van der Waals surface area contributed by atoms with Crippen LogP contribution in [0.2, 0.25) is 0 Å². The van der Waals surface area contributed by atoms with E-state index in [0.717, 1.165) is 11.1 Å². The van der Waals surface area contributed by atoms with Gasteiger partial charge in [-0.2, -0.15) is 0 Å². The molecule has 3 aromatic rings. The molecule has 0 saturated carbocycles. The van der Waals surface area contributed by atoms with Gasteiger partial charge in [0.25, 0.3) is 0 Å². The normalized spacial score (nSPS) is 12.0. The number of hydrogen-bond donors (Lipinski definition) is 0. The molecule has 0 N–H and O–H groups in total. The molecule has 4 heteroatoms. The highest BCUT2D eigenvalue weighted by Gasteiger charge is 2.22. The van der Waals surface area contributed by atoms with Gasteiger partial charge >= 0.3 is 5.97 Å². The molecule has 0 bridgehead atoms. The van der Waals surface area contributed by atoms with Gasteiger partial charge < -0.3 is 4.74 Å². The lowest BCUT2D eigenvalue weighted by Gasteiger charge is -2.21. The topological polar surface area (TPSA) is 26.3 Å². The third kappa shape index (κ3) is 3.18. The van der Waals surface area contributed by atoms with Crippen molar-refractivity contribution in [2.45, 2.75) is 26.5 Å². The summed E-state index contributed by atoms with van der Waals surface area (Å²) in [6.07, 6.45) is 0. The number of esters is 1. The van der Waals surface area contributed by atoms with Gasteiger partial charge in [0, 0.05) is 36.3 Å². The van der Waals surface area contributed by atoms with Crippen LogP contribution in [0, 0.1) is 0 Å². The summed E-state index contributed by atoms with van der Waals surface area (Å²) in [5, 5.41) is 0. The summed E-state index contributed by atoms with van der Waals surface area (Å²) < 4.78 is 5.57. The summed E-state index contributed by atoms with van der Waals surface area (Å²) >= 11 is 3.53. The van der Waals surface area contributed by atoms with Crippen LogP contribution in [0.3, 0.4) is 0 Å². The molecule has 0 aliphatic carbocycles. The molecule has 4 rings (SSSR count). The van der Waals surface area contributed by atoms with E-state index in [0.29, 0.717) is 11.3 Å². The van der Waals surface area contributed by atoms with Crippen LogP contribution in [-0.4, -0.2) is 5.97 Å². The number of carbonyl (C=O) groups is 1. The van der Waals surface area contributed by atoms with E-state index in [-0.39, 0.29) is 0 Å². The van der Waals surface area contributed by atoms with E-state index in [1.165, 1.54) is 19.6 Å². The predicted molar refractivity (Wildman–Crippen MR) is 107 cm³/mol. The molecule has 0 spiro atoms. The molecule has 128 valence electrons. The molecule has 0 radical (unpaired) electrons. The Balaban J connectivity index is 1.80. The fourth-order valence-corrected chi connectivity index (χ4v) is 5.12. The molecule has 26 heavy (non-hydrogen) atoms. The van der Waals surface area contributed by atoms with Gasteiger partial charge in [0.15, 0.2) is 0 Å². The van der Waals surface area contributed by atoms with E-state index in [1.807, 2.05) is 30.3 Å². The third-order valence-corrected chi connectivity index (χ3v) is 6.60. The Morgan fingerprint density at radius 2 is 1.42 bits per heavy atom. The van der Waals surface area contributed by atoms with E-state index in [1.54, 1.807) is 30.4 Å². The van der Waals surface area contributed by atoms with Crippen molar-refractivity contribution in [2.24, 2.45) is 0 Å². The monoisotopic (exact) mass is 376 g/mol. The molecule has 0 amide bonds. The van der Waals surface area contributed by atoms with Gasteiger partial charge in [0.2, 0.25) is 0 Å². The minimum Gasteiger partial charge on any atom is -0.423 e. The molecule has 0 saturated heterocycles. The zero-order valence-corrected chi connectivity index (χ0v) is 15.8. The molecule has 3 aromatic carbocycles. The van der Waals surface area contributed by atoms with Crippen LogP contribution in [0.1, 0.15) is 6.92 Å². The van der Waals surface area contributed by atoms with Crippen LogP contribution in [0.4, 0.5) is 0 Å². The summed E-state index contributed by atoms with van der Waals surface area (Å²) in [7, 11) is 0. The van der Waals surface area contributed by atoms with Gasteiger partial charge in [0.1, 0.15) is 5.75 Å². The van der Waals surface area contributed by atoms with Gasteiger partial charge in [-0.1, -0.05) is 72.6 Å². The third-order valence-electron chi connectivity index (χ3n) is 3.99. The van der Waals surface area contributed by atoms with Crippen LogP contribution in [0.25, 0.3) is 11.1 Å². The first-order valence-corrected chi connectivity index (χ1v) is 9.81. The smallest absolute Gasteiger partial charge is 0.338 e. The Morgan fingerprint density at radius 1 is 0.808 bits per heavy atom. The van der Waals surface area contributed by atoms with Crippen molar-refractivity contribution in [2.75, 3.05) is 0 Å². The minimum absolute atomic E-state index is 0.383. The van der Waals surface area contributed by atoms with Gasteiger partial charge in [-0.05, 0) is 31.2 Å². The van der Waals surface area contributed by atoms with Gasteiger partial charge in [-0.25, -0.2) is 4.79 Å². The predicted octanol–water partition coefficient (Wildman–Crippen LogP) is 6.45. The van der Waals surface area contributed by atoms with Crippen LogP contribution < -0.4 is 4.74 Å². The van der Waals surface area contributed by atoms with Crippen molar-refractivity contribution in [1.82, 2.24) is 0 Å². The number of rotatable bonds is 3. The Labute approximate surface area is 161 Å². The molecular weight excluding hydrogens is 360 g/mol. The Morgan fingerprint density at radius 3 is 2.19 bits per heavy atom. The van der Waals surface area contributed by atoms with E-state index in [9.17, 15) is 4.79 Å². The average molecular weight is 377 g/mol. The molecular formula is C22H16O2S2. The summed E-state index contributed by atoms with van der Waals surface area (Å²) in [6.45, 7) is 5.32. The number of benzene rings is 3. The molecule has 1 aliphatic rings. The highest BCUT2D eigenvalue weighted by molar-refractivity contribution is 8.05. The Kier molecular flexibility index (Phi) is 4.62. The highest BCUT2D eigenvalue weighted by atomic mass is 32.2. The van der Waals surface area contributed by atoms with Crippen molar-refractivity contribution in [1.29, 1.82) is 0 Å². The first-order valence-electron chi connectivity index (χ1n) is 8.18. The van der Waals surface area contributed by atoms with Crippen LogP contribution in [-0.2, 0) is 4.79 Å². The van der Waals surface area contributed by atoms with E-state index in [4.69, 9.17) is 4.74 Å². The van der Waals surface area contributed by atoms with Crippen molar-refractivity contribution < 1.29 is 9.53 Å². The first-order chi connectivity index (χ1) is 12.6. The van der Waals surface area contributed by atoms with E-state index in [2.05, 4.69) is 43.0 Å². The van der Waals surface area contributed by atoms with Crippen molar-refractivity contribution in [3.05, 3.63) is 78.9 Å². The number of para-hydroxylation sites is 1. The van der Waals surface area contributed by atoms with Crippen LogP contribution >= 0.6 is 23.5 Å². The standard InChI is InChI=1S/C22H16O2S2/c1-14(2)22(23)24-17-10-4-3-8-15(17)16-9-7-13-20-21(16)26-19-12-6-5-11-18(19)25-20/h3-13H,1H2,2H3. The van der Waals surface area contributed by atoms with Crippen LogP contribution in [0.15, 0.2) is 98.5 Å². The second-order valence-corrected chi connectivity index (χ2v) is 8.09. The number of carbonyl (C=O) groups excluding carboxylic acids is 1. The van der Waals surface area contributed by atoms with Crippen molar-refractivity contribution in [3.63, 3.8) is 0 Å². The molecule has 0 atom stereocenters. The van der Waals surface area contributed by atoms with Gasteiger partial charge in [0.05, 0.1) is 0 Å². The highest BCUT2D eigenvalue weighted by Crippen LogP contribution is 2.52. The zero-order chi connectivity index (χ0) is 18.1. The summed E-state index contributed by atoms with van der Waals surface area (Å²) in [5.74, 6) is 0.146. The molecule has 0 unspecified atom stereocenters. The number of fused-ring (bicyclic) bond motifs is 2. The Bertz CT molecular complexity index is 1020. The zero-order valence-electron chi connectivity index (χ0n) is 14.2. The molecule has 2 nitrogen and oxygen atoms in total. The van der Waals surface area contributed by atoms with Crippen molar-refractivity contribution >= 4 is 29.5 Å². The van der Waals surface area contributed by atoms with Gasteiger partial charge in [-0.15, -0.1) is 0 Å². The maximum atomic E-state index is 12.0. The quantitative estimate of drug-likeness (QED) is 0.233. The fourth-order valence-electron chi connectivity index (χ4n) is 2.73. The molecule has 0 fully saturated rings. The summed E-state index contributed by atoms with van der Waals surface area (Å²) in [4.78, 5) is 16.9.